The van der Waals surface area contributed by atoms with Crippen LogP contribution in [0.15, 0.2) is 0 Å². The van der Waals surface area contributed by atoms with Gasteiger partial charge in [0.05, 0.1) is 12.7 Å². The third kappa shape index (κ3) is 1.74. The Kier molecular flexibility index (Phi) is 2.55. The maximum atomic E-state index is 5.74. The van der Waals surface area contributed by atoms with Gasteiger partial charge < -0.3 is 9.47 Å². The third-order valence-electron chi connectivity index (χ3n) is 2.46. The first kappa shape index (κ1) is 9.01. The summed E-state index contributed by atoms with van der Waals surface area (Å²) >= 11 is 0. The highest BCUT2D eigenvalue weighted by Crippen LogP contribution is 2.31. The highest BCUT2D eigenvalue weighted by Gasteiger charge is 2.38. The van der Waals surface area contributed by atoms with Gasteiger partial charge in [0.15, 0.2) is 5.79 Å². The normalized spacial score (nSPS) is 38.5. The van der Waals surface area contributed by atoms with Gasteiger partial charge in [-0.25, -0.2) is 0 Å². The van der Waals surface area contributed by atoms with Crippen molar-refractivity contribution in [1.29, 1.82) is 0 Å². The van der Waals surface area contributed by atoms with Crippen LogP contribution < -0.4 is 0 Å². The minimum Gasteiger partial charge on any atom is -0.347 e. The molecular formula is C9H18O2. The van der Waals surface area contributed by atoms with Crippen molar-refractivity contribution in [1.82, 2.24) is 0 Å². The predicted octanol–water partition coefficient (Wildman–Crippen LogP) is 2.18. The first-order valence-corrected chi connectivity index (χ1v) is 4.40. The van der Waals surface area contributed by atoms with E-state index in [1.807, 2.05) is 6.92 Å². The van der Waals surface area contributed by atoms with E-state index in [1.54, 1.807) is 0 Å². The lowest BCUT2D eigenvalue weighted by atomic mass is 10.1. The van der Waals surface area contributed by atoms with E-state index in [0.717, 1.165) is 13.0 Å². The van der Waals surface area contributed by atoms with Crippen LogP contribution in [0.2, 0.25) is 0 Å². The largest absolute Gasteiger partial charge is 0.347 e. The van der Waals surface area contributed by atoms with E-state index in [-0.39, 0.29) is 5.79 Å². The molecule has 0 aromatic rings. The molecule has 0 bridgehead atoms. The molecule has 2 heteroatoms. The fraction of sp³-hybridized carbons (Fsp3) is 1.00. The monoisotopic (exact) mass is 158 g/mol. The molecule has 1 saturated heterocycles. The molecule has 2 atom stereocenters. The average molecular weight is 158 g/mol. The van der Waals surface area contributed by atoms with E-state index in [4.69, 9.17) is 9.47 Å². The lowest BCUT2D eigenvalue weighted by molar-refractivity contribution is -0.183. The molecule has 2 unspecified atom stereocenters. The maximum Gasteiger partial charge on any atom is 0.168 e. The van der Waals surface area contributed by atoms with Crippen molar-refractivity contribution in [2.75, 3.05) is 6.61 Å². The summed E-state index contributed by atoms with van der Waals surface area (Å²) in [5.74, 6) is 0.0970. The Hall–Kier alpha value is -0.0800. The molecule has 2 nitrogen and oxygen atoms in total. The van der Waals surface area contributed by atoms with Gasteiger partial charge in [0.1, 0.15) is 0 Å². The Balaban J connectivity index is 2.50. The van der Waals surface area contributed by atoms with Gasteiger partial charge in [-0.15, -0.1) is 0 Å². The van der Waals surface area contributed by atoms with Crippen molar-refractivity contribution in [2.45, 2.75) is 46.0 Å². The van der Waals surface area contributed by atoms with Crippen LogP contribution in [0.25, 0.3) is 0 Å². The molecule has 66 valence electrons. The molecule has 0 radical (unpaired) electrons. The van der Waals surface area contributed by atoms with Crippen molar-refractivity contribution in [3.05, 3.63) is 0 Å². The fourth-order valence-electron chi connectivity index (χ4n) is 1.16. The highest BCUT2D eigenvalue weighted by molar-refractivity contribution is 4.76. The van der Waals surface area contributed by atoms with Gasteiger partial charge in [0, 0.05) is 5.92 Å². The Morgan fingerprint density at radius 1 is 1.55 bits per heavy atom. The van der Waals surface area contributed by atoms with Gasteiger partial charge in [-0.05, 0) is 13.3 Å². The second kappa shape index (κ2) is 3.11. The summed E-state index contributed by atoms with van der Waals surface area (Å²) in [6.45, 7) is 9.15. The molecular weight excluding hydrogens is 140 g/mol. The van der Waals surface area contributed by atoms with Crippen molar-refractivity contribution < 1.29 is 9.47 Å². The molecule has 1 heterocycles. The number of ether oxygens (including phenoxy) is 2. The summed E-state index contributed by atoms with van der Waals surface area (Å²) in [5.41, 5.74) is 0. The van der Waals surface area contributed by atoms with Crippen LogP contribution in [0, 0.1) is 5.92 Å². The van der Waals surface area contributed by atoms with E-state index in [9.17, 15) is 0 Å². The SMILES string of the molecule is CCC1COC(C)(C(C)C)O1. The summed E-state index contributed by atoms with van der Waals surface area (Å²) < 4.78 is 11.3. The average Bonchev–Trinajstić information content (AvgIpc) is 2.33. The van der Waals surface area contributed by atoms with Crippen LogP contribution in [-0.4, -0.2) is 18.5 Å². The molecule has 11 heavy (non-hydrogen) atoms. The summed E-state index contributed by atoms with van der Waals surface area (Å²) in [7, 11) is 0. The molecule has 0 amide bonds. The van der Waals surface area contributed by atoms with Crippen LogP contribution in [0.1, 0.15) is 34.1 Å². The van der Waals surface area contributed by atoms with Crippen molar-refractivity contribution in [3.63, 3.8) is 0 Å². The number of hydrogen-bond donors (Lipinski definition) is 0. The van der Waals surface area contributed by atoms with Crippen molar-refractivity contribution >= 4 is 0 Å². The van der Waals surface area contributed by atoms with E-state index in [0.29, 0.717) is 12.0 Å². The summed E-state index contributed by atoms with van der Waals surface area (Å²) in [6, 6.07) is 0. The third-order valence-corrected chi connectivity index (χ3v) is 2.46. The molecule has 1 fully saturated rings. The van der Waals surface area contributed by atoms with Crippen LogP contribution in [-0.2, 0) is 9.47 Å². The van der Waals surface area contributed by atoms with Gasteiger partial charge in [-0.3, -0.25) is 0 Å². The Morgan fingerprint density at radius 3 is 2.45 bits per heavy atom. The van der Waals surface area contributed by atoms with Gasteiger partial charge in [-0.2, -0.15) is 0 Å². The van der Waals surface area contributed by atoms with Crippen LogP contribution in [0.4, 0.5) is 0 Å². The highest BCUT2D eigenvalue weighted by atomic mass is 16.7. The molecule has 1 aliphatic rings. The van der Waals surface area contributed by atoms with Crippen LogP contribution in [0.3, 0.4) is 0 Å². The lowest BCUT2D eigenvalue weighted by Crippen LogP contribution is -2.32. The number of hydrogen-bond acceptors (Lipinski definition) is 2. The molecule has 0 aliphatic carbocycles. The molecule has 1 rings (SSSR count). The second-order valence-electron chi connectivity index (χ2n) is 3.63. The Labute approximate surface area is 68.9 Å². The van der Waals surface area contributed by atoms with Gasteiger partial charge in [-0.1, -0.05) is 20.8 Å². The molecule has 0 saturated carbocycles. The van der Waals surface area contributed by atoms with E-state index in [1.165, 1.54) is 0 Å². The zero-order valence-corrected chi connectivity index (χ0v) is 7.89. The predicted molar refractivity (Wildman–Crippen MR) is 44.4 cm³/mol. The molecule has 0 spiro atoms. The Bertz CT molecular complexity index is 134. The smallest absolute Gasteiger partial charge is 0.168 e. The zero-order valence-electron chi connectivity index (χ0n) is 7.89. The van der Waals surface area contributed by atoms with E-state index in [2.05, 4.69) is 20.8 Å². The van der Waals surface area contributed by atoms with Gasteiger partial charge in [0.2, 0.25) is 0 Å². The summed E-state index contributed by atoms with van der Waals surface area (Å²) in [6.07, 6.45) is 1.35. The summed E-state index contributed by atoms with van der Waals surface area (Å²) in [5, 5.41) is 0. The summed E-state index contributed by atoms with van der Waals surface area (Å²) in [4.78, 5) is 0. The quantitative estimate of drug-likeness (QED) is 0.613. The van der Waals surface area contributed by atoms with E-state index < -0.39 is 0 Å². The molecule has 0 aromatic carbocycles. The topological polar surface area (TPSA) is 18.5 Å². The fourth-order valence-corrected chi connectivity index (χ4v) is 1.16. The van der Waals surface area contributed by atoms with Crippen LogP contribution >= 0.6 is 0 Å². The van der Waals surface area contributed by atoms with Gasteiger partial charge in [0.25, 0.3) is 0 Å². The minimum atomic E-state index is -0.333. The standard InChI is InChI=1S/C9H18O2/c1-5-8-6-10-9(4,11-8)7(2)3/h7-8H,5-6H2,1-4H3. The molecule has 0 aromatic heterocycles. The van der Waals surface area contributed by atoms with Crippen LogP contribution in [0.5, 0.6) is 0 Å². The molecule has 0 N–H and O–H groups in total. The second-order valence-corrected chi connectivity index (χ2v) is 3.63. The lowest BCUT2D eigenvalue weighted by Gasteiger charge is -2.27. The first-order chi connectivity index (χ1) is 5.08. The number of rotatable bonds is 2. The molecule has 1 aliphatic heterocycles. The maximum absolute atomic E-state index is 5.74. The Morgan fingerprint density at radius 2 is 2.18 bits per heavy atom. The van der Waals surface area contributed by atoms with Gasteiger partial charge >= 0.3 is 0 Å². The van der Waals surface area contributed by atoms with E-state index >= 15 is 0 Å². The van der Waals surface area contributed by atoms with Crippen molar-refractivity contribution in [3.8, 4) is 0 Å². The minimum absolute atomic E-state index is 0.308. The first-order valence-electron chi connectivity index (χ1n) is 4.40. The van der Waals surface area contributed by atoms with Crippen molar-refractivity contribution in [2.24, 2.45) is 5.92 Å². The zero-order chi connectivity index (χ0) is 8.48.